The van der Waals surface area contributed by atoms with Crippen molar-refractivity contribution in [3.05, 3.63) is 60.2 Å². The molecule has 0 spiro atoms. The fourth-order valence-electron chi connectivity index (χ4n) is 2.34. The molecule has 0 bridgehead atoms. The van der Waals surface area contributed by atoms with Crippen molar-refractivity contribution in [2.45, 2.75) is 36.2 Å². The average Bonchev–Trinajstić information content (AvgIpc) is 2.62. The molecule has 0 aromatic heterocycles. The van der Waals surface area contributed by atoms with Crippen LogP contribution in [-0.4, -0.2) is 25.5 Å². The van der Waals surface area contributed by atoms with Crippen molar-refractivity contribution in [1.82, 2.24) is 4.72 Å². The Morgan fingerprint density at radius 1 is 1.04 bits per heavy atom. The molecule has 1 atom stereocenters. The maximum Gasteiger partial charge on any atom is 0.264 e. The van der Waals surface area contributed by atoms with E-state index < -0.39 is 15.9 Å². The Labute approximate surface area is 163 Å². The number of benzene rings is 2. The van der Waals surface area contributed by atoms with Crippen LogP contribution in [0.4, 0.5) is 5.69 Å². The Bertz CT molecular complexity index is 882. The van der Waals surface area contributed by atoms with Crippen LogP contribution in [0, 0.1) is 0 Å². The van der Waals surface area contributed by atoms with Gasteiger partial charge in [0.1, 0.15) is 0 Å². The van der Waals surface area contributed by atoms with Crippen LogP contribution in [0.1, 0.15) is 25.8 Å². The van der Waals surface area contributed by atoms with Gasteiger partial charge in [0.05, 0.1) is 10.1 Å². The number of carbonyl (C=O) groups excluding carboxylic acids is 2. The first kappa shape index (κ1) is 21.0. The van der Waals surface area contributed by atoms with Crippen LogP contribution in [-0.2, 0) is 25.4 Å². The minimum absolute atomic E-state index is 0.0406. The lowest BCUT2D eigenvalue weighted by molar-refractivity contribution is -0.117. The molecule has 0 aliphatic carbocycles. The lowest BCUT2D eigenvalue weighted by Crippen LogP contribution is -2.28. The number of carbonyl (C=O) groups is 2. The van der Waals surface area contributed by atoms with E-state index in [0.29, 0.717) is 12.1 Å². The fourth-order valence-corrected chi connectivity index (χ4v) is 4.36. The molecule has 2 aromatic rings. The molecule has 0 radical (unpaired) electrons. The van der Waals surface area contributed by atoms with Crippen LogP contribution in [0.5, 0.6) is 0 Å². The highest BCUT2D eigenvalue weighted by molar-refractivity contribution is 7.99. The van der Waals surface area contributed by atoms with Crippen LogP contribution in [0.2, 0.25) is 0 Å². The highest BCUT2D eigenvalue weighted by Gasteiger charge is 2.18. The third-order valence-electron chi connectivity index (χ3n) is 3.67. The van der Waals surface area contributed by atoms with E-state index in [1.165, 1.54) is 24.3 Å². The van der Waals surface area contributed by atoms with E-state index in [0.717, 1.165) is 18.2 Å². The third kappa shape index (κ3) is 6.41. The highest BCUT2D eigenvalue weighted by atomic mass is 32.2. The fraction of sp³-hybridized carbons (Fsp3) is 0.263. The van der Waals surface area contributed by atoms with E-state index in [4.69, 9.17) is 0 Å². The van der Waals surface area contributed by atoms with Crippen LogP contribution in [0.25, 0.3) is 0 Å². The van der Waals surface area contributed by atoms with Crippen LogP contribution in [0.3, 0.4) is 0 Å². The van der Waals surface area contributed by atoms with Crippen LogP contribution in [0.15, 0.2) is 59.5 Å². The van der Waals surface area contributed by atoms with E-state index in [1.54, 1.807) is 11.8 Å². The summed E-state index contributed by atoms with van der Waals surface area (Å²) in [5.41, 5.74) is 1.65. The van der Waals surface area contributed by atoms with Gasteiger partial charge in [-0.25, -0.2) is 13.1 Å². The summed E-state index contributed by atoms with van der Waals surface area (Å²) in [4.78, 5) is 23.4. The molecule has 144 valence electrons. The second-order valence-electron chi connectivity index (χ2n) is 5.87. The monoisotopic (exact) mass is 406 g/mol. The minimum atomic E-state index is -3.88. The Morgan fingerprint density at radius 3 is 2.22 bits per heavy atom. The second kappa shape index (κ2) is 9.57. The smallest absolute Gasteiger partial charge is 0.264 e. The molecule has 0 fully saturated rings. The topological polar surface area (TPSA) is 92.3 Å². The average molecular weight is 407 g/mol. The number of amides is 2. The van der Waals surface area contributed by atoms with Crippen molar-refractivity contribution >= 4 is 39.3 Å². The van der Waals surface area contributed by atoms with E-state index >= 15 is 0 Å². The summed E-state index contributed by atoms with van der Waals surface area (Å²) in [5, 5.41) is 2.59. The van der Waals surface area contributed by atoms with Gasteiger partial charge in [-0.15, -0.1) is 11.8 Å². The first-order chi connectivity index (χ1) is 12.8. The molecule has 0 saturated carbocycles. The zero-order valence-corrected chi connectivity index (χ0v) is 16.8. The van der Waals surface area contributed by atoms with Gasteiger partial charge in [0.25, 0.3) is 10.0 Å². The van der Waals surface area contributed by atoms with Crippen molar-refractivity contribution in [1.29, 1.82) is 0 Å². The molecule has 0 heterocycles. The van der Waals surface area contributed by atoms with Gasteiger partial charge in [-0.3, -0.25) is 9.59 Å². The molecule has 2 N–H and O–H groups in total. The maximum absolute atomic E-state index is 12.5. The van der Waals surface area contributed by atoms with E-state index in [9.17, 15) is 18.0 Å². The predicted molar refractivity (Wildman–Crippen MR) is 108 cm³/mol. The van der Waals surface area contributed by atoms with E-state index in [2.05, 4.69) is 5.32 Å². The Hall–Kier alpha value is -2.32. The SMILES string of the molecule is CCC(SCc1ccccc1)C(=O)Nc1ccc(S(=O)(=O)NC(C)=O)cc1. The van der Waals surface area contributed by atoms with Gasteiger partial charge in [0.2, 0.25) is 11.8 Å². The summed E-state index contributed by atoms with van der Waals surface area (Å²) in [7, 11) is -3.88. The lowest BCUT2D eigenvalue weighted by Gasteiger charge is -2.15. The van der Waals surface area contributed by atoms with Gasteiger partial charge < -0.3 is 5.32 Å². The summed E-state index contributed by atoms with van der Waals surface area (Å²) in [6.45, 7) is 3.08. The van der Waals surface area contributed by atoms with Gasteiger partial charge in [-0.05, 0) is 36.2 Å². The van der Waals surface area contributed by atoms with Crippen molar-refractivity contribution in [3.63, 3.8) is 0 Å². The van der Waals surface area contributed by atoms with Gasteiger partial charge in [-0.1, -0.05) is 37.3 Å². The number of nitrogens with one attached hydrogen (secondary N) is 2. The summed E-state index contributed by atoms with van der Waals surface area (Å²) >= 11 is 1.56. The quantitative estimate of drug-likeness (QED) is 0.702. The number of hydrogen-bond acceptors (Lipinski definition) is 5. The molecule has 0 aliphatic heterocycles. The summed E-state index contributed by atoms with van der Waals surface area (Å²) in [6.07, 6.45) is 0.679. The molecule has 2 aromatic carbocycles. The molecule has 2 amide bonds. The number of rotatable bonds is 8. The first-order valence-corrected chi connectivity index (χ1v) is 10.9. The van der Waals surface area contributed by atoms with E-state index in [1.807, 2.05) is 42.0 Å². The standard InChI is InChI=1S/C19H22N2O4S2/c1-3-18(26-13-15-7-5-4-6-8-15)19(23)20-16-9-11-17(12-10-16)27(24,25)21-14(2)22/h4-12,18H,3,13H2,1-2H3,(H,20,23)(H,21,22). The maximum atomic E-state index is 12.5. The number of hydrogen-bond donors (Lipinski definition) is 2. The molecule has 6 nitrogen and oxygen atoms in total. The Kier molecular flexibility index (Phi) is 7.44. The molecule has 0 saturated heterocycles. The zero-order chi connectivity index (χ0) is 19.9. The second-order valence-corrected chi connectivity index (χ2v) is 8.74. The van der Waals surface area contributed by atoms with Gasteiger partial charge in [-0.2, -0.15) is 0 Å². The highest BCUT2D eigenvalue weighted by Crippen LogP contribution is 2.22. The molecule has 0 aliphatic rings. The molecule has 2 rings (SSSR count). The van der Waals surface area contributed by atoms with Gasteiger partial charge in [0, 0.05) is 18.4 Å². The summed E-state index contributed by atoms with van der Waals surface area (Å²) in [6, 6.07) is 15.6. The van der Waals surface area contributed by atoms with Crippen LogP contribution >= 0.6 is 11.8 Å². The summed E-state index contributed by atoms with van der Waals surface area (Å²) in [5.74, 6) is -0.0507. The summed E-state index contributed by atoms with van der Waals surface area (Å²) < 4.78 is 25.8. The largest absolute Gasteiger partial charge is 0.325 e. The minimum Gasteiger partial charge on any atom is -0.325 e. The number of thioether (sulfide) groups is 1. The van der Waals surface area contributed by atoms with Crippen LogP contribution < -0.4 is 10.0 Å². The first-order valence-electron chi connectivity index (χ1n) is 8.41. The Balaban J connectivity index is 1.98. The zero-order valence-electron chi connectivity index (χ0n) is 15.1. The lowest BCUT2D eigenvalue weighted by atomic mass is 10.2. The Morgan fingerprint density at radius 2 is 1.67 bits per heavy atom. The van der Waals surface area contributed by atoms with Crippen molar-refractivity contribution in [2.75, 3.05) is 5.32 Å². The molecular formula is C19H22N2O4S2. The molecule has 1 unspecified atom stereocenters. The van der Waals surface area contributed by atoms with E-state index in [-0.39, 0.29) is 16.1 Å². The molecule has 8 heteroatoms. The van der Waals surface area contributed by atoms with Crippen molar-refractivity contribution in [3.8, 4) is 0 Å². The third-order valence-corrected chi connectivity index (χ3v) is 6.57. The number of anilines is 1. The van der Waals surface area contributed by atoms with Gasteiger partial charge >= 0.3 is 0 Å². The normalized spacial score (nSPS) is 12.2. The predicted octanol–water partition coefficient (Wildman–Crippen LogP) is 3.16. The molecule has 27 heavy (non-hydrogen) atoms. The van der Waals surface area contributed by atoms with Gasteiger partial charge in [0.15, 0.2) is 0 Å². The molecular weight excluding hydrogens is 384 g/mol. The van der Waals surface area contributed by atoms with Crippen molar-refractivity contribution < 1.29 is 18.0 Å². The number of sulfonamides is 1. The van der Waals surface area contributed by atoms with Crippen molar-refractivity contribution in [2.24, 2.45) is 0 Å².